The summed E-state index contributed by atoms with van der Waals surface area (Å²) in [5.74, 6) is 2.90. The van der Waals surface area contributed by atoms with E-state index in [1.165, 1.54) is 38.5 Å². The lowest BCUT2D eigenvalue weighted by molar-refractivity contribution is -0.129. The van der Waals surface area contributed by atoms with Crippen molar-refractivity contribution in [2.24, 2.45) is 23.2 Å². The molecule has 26 heavy (non-hydrogen) atoms. The molecule has 0 radical (unpaired) electrons. The lowest BCUT2D eigenvalue weighted by Crippen LogP contribution is -2.47. The Labute approximate surface area is 154 Å². The van der Waals surface area contributed by atoms with Crippen LogP contribution < -0.4 is 5.32 Å². The standard InChI is InChI=1S/C22H26N2O2/c25-21(11-22-8-16-5-17(9-22)7-18(6-16)10-22)24-13-15-1-2-20(23-12-15)19-3-4-26-14-19/h1-4,12,14,16-18H,5-11,13H2,(H,24,25). The first-order chi connectivity index (χ1) is 12.7. The van der Waals surface area contributed by atoms with Gasteiger partial charge < -0.3 is 9.73 Å². The van der Waals surface area contributed by atoms with Crippen molar-refractivity contribution >= 4 is 5.91 Å². The molecule has 4 saturated carbocycles. The number of nitrogens with zero attached hydrogens (tertiary/aromatic N) is 1. The number of hydrogen-bond acceptors (Lipinski definition) is 3. The molecule has 1 N–H and O–H groups in total. The molecule has 4 fully saturated rings. The molecule has 4 bridgehead atoms. The van der Waals surface area contributed by atoms with Gasteiger partial charge >= 0.3 is 0 Å². The highest BCUT2D eigenvalue weighted by atomic mass is 16.3. The van der Waals surface area contributed by atoms with Crippen LogP contribution in [0.5, 0.6) is 0 Å². The third-order valence-corrected chi connectivity index (χ3v) is 6.83. The fourth-order valence-electron chi connectivity index (χ4n) is 6.22. The summed E-state index contributed by atoms with van der Waals surface area (Å²) in [5.41, 5.74) is 3.21. The van der Waals surface area contributed by atoms with Crippen LogP contribution in [0.4, 0.5) is 0 Å². The molecule has 4 aliphatic carbocycles. The molecule has 0 aromatic carbocycles. The summed E-state index contributed by atoms with van der Waals surface area (Å²) in [4.78, 5) is 17.1. The minimum absolute atomic E-state index is 0.214. The second kappa shape index (κ2) is 6.26. The number of carbonyl (C=O) groups is 1. The molecule has 136 valence electrons. The van der Waals surface area contributed by atoms with E-state index in [-0.39, 0.29) is 5.91 Å². The molecule has 4 nitrogen and oxygen atoms in total. The van der Waals surface area contributed by atoms with Crippen LogP contribution in [0.15, 0.2) is 41.3 Å². The largest absolute Gasteiger partial charge is 0.472 e. The third kappa shape index (κ3) is 3.06. The van der Waals surface area contributed by atoms with Gasteiger partial charge in [-0.1, -0.05) is 6.07 Å². The first-order valence-electron chi connectivity index (χ1n) is 9.92. The topological polar surface area (TPSA) is 55.1 Å². The Morgan fingerprint density at radius 3 is 2.42 bits per heavy atom. The lowest BCUT2D eigenvalue weighted by Gasteiger charge is -2.56. The van der Waals surface area contributed by atoms with Crippen LogP contribution in [0, 0.1) is 23.2 Å². The Kier molecular flexibility index (Phi) is 3.87. The van der Waals surface area contributed by atoms with Gasteiger partial charge in [-0.15, -0.1) is 0 Å². The molecule has 1 amide bonds. The van der Waals surface area contributed by atoms with Gasteiger partial charge in [-0.2, -0.15) is 0 Å². The van der Waals surface area contributed by atoms with Crippen LogP contribution in [0.25, 0.3) is 11.3 Å². The second-order valence-corrected chi connectivity index (χ2v) is 8.93. The molecule has 0 saturated heterocycles. The Morgan fingerprint density at radius 2 is 1.85 bits per heavy atom. The fraction of sp³-hybridized carbons (Fsp3) is 0.545. The van der Waals surface area contributed by atoms with Gasteiger partial charge in [0.1, 0.15) is 0 Å². The van der Waals surface area contributed by atoms with Crippen molar-refractivity contribution in [3.63, 3.8) is 0 Å². The van der Waals surface area contributed by atoms with Gasteiger partial charge in [0.25, 0.3) is 0 Å². The predicted octanol–water partition coefficient (Wildman–Crippen LogP) is 4.56. The van der Waals surface area contributed by atoms with E-state index in [1.807, 2.05) is 24.4 Å². The highest BCUT2D eigenvalue weighted by Gasteiger charge is 2.51. The van der Waals surface area contributed by atoms with Gasteiger partial charge in [-0.25, -0.2) is 0 Å². The van der Waals surface area contributed by atoms with Crippen LogP contribution in [0.3, 0.4) is 0 Å². The highest BCUT2D eigenvalue weighted by Crippen LogP contribution is 2.61. The number of amides is 1. The fourth-order valence-corrected chi connectivity index (χ4v) is 6.22. The van der Waals surface area contributed by atoms with Gasteiger partial charge in [-0.05, 0) is 79.4 Å². The summed E-state index contributed by atoms with van der Waals surface area (Å²) < 4.78 is 5.10. The van der Waals surface area contributed by atoms with Crippen molar-refractivity contribution in [3.8, 4) is 11.3 Å². The number of furan rings is 1. The molecular formula is C22H26N2O2. The number of hydrogen-bond donors (Lipinski definition) is 1. The maximum Gasteiger partial charge on any atom is 0.220 e. The van der Waals surface area contributed by atoms with E-state index in [0.29, 0.717) is 12.0 Å². The highest BCUT2D eigenvalue weighted by molar-refractivity contribution is 5.76. The normalized spacial score (nSPS) is 31.9. The molecule has 4 aliphatic rings. The smallest absolute Gasteiger partial charge is 0.220 e. The maximum absolute atomic E-state index is 12.6. The average molecular weight is 350 g/mol. The van der Waals surface area contributed by atoms with Crippen LogP contribution in [-0.4, -0.2) is 10.9 Å². The summed E-state index contributed by atoms with van der Waals surface area (Å²) in [6, 6.07) is 5.90. The first kappa shape index (κ1) is 16.1. The van der Waals surface area contributed by atoms with Gasteiger partial charge in [0.15, 0.2) is 0 Å². The van der Waals surface area contributed by atoms with Crippen LogP contribution >= 0.6 is 0 Å². The summed E-state index contributed by atoms with van der Waals surface area (Å²) in [6.45, 7) is 0.559. The molecule has 6 rings (SSSR count). The molecular weight excluding hydrogens is 324 g/mol. The Morgan fingerprint density at radius 1 is 1.12 bits per heavy atom. The number of aromatic nitrogens is 1. The van der Waals surface area contributed by atoms with E-state index < -0.39 is 0 Å². The monoisotopic (exact) mass is 350 g/mol. The maximum atomic E-state index is 12.6. The summed E-state index contributed by atoms with van der Waals surface area (Å²) in [6.07, 6.45) is 14.0. The van der Waals surface area contributed by atoms with Gasteiger partial charge in [0, 0.05) is 24.7 Å². The Bertz CT molecular complexity index is 744. The minimum Gasteiger partial charge on any atom is -0.472 e. The summed E-state index contributed by atoms with van der Waals surface area (Å²) >= 11 is 0. The van der Waals surface area contributed by atoms with Crippen LogP contribution in [0.2, 0.25) is 0 Å². The van der Waals surface area contributed by atoms with Crippen LogP contribution in [-0.2, 0) is 11.3 Å². The molecule has 0 unspecified atom stereocenters. The Hall–Kier alpha value is -2.10. The van der Waals surface area contributed by atoms with E-state index in [9.17, 15) is 4.79 Å². The van der Waals surface area contributed by atoms with E-state index in [4.69, 9.17) is 4.42 Å². The van der Waals surface area contributed by atoms with Crippen molar-refractivity contribution in [2.75, 3.05) is 0 Å². The molecule has 2 aromatic rings. The predicted molar refractivity (Wildman–Crippen MR) is 99.0 cm³/mol. The van der Waals surface area contributed by atoms with E-state index in [1.54, 1.807) is 12.5 Å². The van der Waals surface area contributed by atoms with Crippen molar-refractivity contribution in [2.45, 2.75) is 51.5 Å². The second-order valence-electron chi connectivity index (χ2n) is 8.93. The van der Waals surface area contributed by atoms with Gasteiger partial charge in [0.05, 0.1) is 18.2 Å². The SMILES string of the molecule is O=C(CC12CC3CC(CC(C3)C1)C2)NCc1ccc(-c2ccoc2)nc1. The third-order valence-electron chi connectivity index (χ3n) is 6.83. The number of carbonyl (C=O) groups excluding carboxylic acids is 1. The summed E-state index contributed by atoms with van der Waals surface area (Å²) in [5, 5.41) is 3.13. The van der Waals surface area contributed by atoms with Gasteiger partial charge in [-0.3, -0.25) is 9.78 Å². The number of pyridine rings is 1. The number of nitrogens with one attached hydrogen (secondary N) is 1. The Balaban J connectivity index is 1.18. The average Bonchev–Trinajstić information content (AvgIpc) is 3.13. The van der Waals surface area contributed by atoms with E-state index in [0.717, 1.165) is 41.0 Å². The number of rotatable bonds is 5. The zero-order valence-electron chi connectivity index (χ0n) is 15.1. The quantitative estimate of drug-likeness (QED) is 0.860. The van der Waals surface area contributed by atoms with E-state index >= 15 is 0 Å². The lowest BCUT2D eigenvalue weighted by atomic mass is 9.49. The first-order valence-corrected chi connectivity index (χ1v) is 9.92. The molecule has 2 aromatic heterocycles. The van der Waals surface area contributed by atoms with Crippen molar-refractivity contribution in [3.05, 3.63) is 42.5 Å². The summed E-state index contributed by atoms with van der Waals surface area (Å²) in [7, 11) is 0. The van der Waals surface area contributed by atoms with Crippen molar-refractivity contribution in [1.82, 2.24) is 10.3 Å². The van der Waals surface area contributed by atoms with Gasteiger partial charge in [0.2, 0.25) is 5.91 Å². The van der Waals surface area contributed by atoms with E-state index in [2.05, 4.69) is 10.3 Å². The zero-order valence-corrected chi connectivity index (χ0v) is 15.1. The molecule has 0 aliphatic heterocycles. The minimum atomic E-state index is 0.214. The molecule has 2 heterocycles. The molecule has 0 atom stereocenters. The van der Waals surface area contributed by atoms with Crippen molar-refractivity contribution < 1.29 is 9.21 Å². The van der Waals surface area contributed by atoms with Crippen molar-refractivity contribution in [1.29, 1.82) is 0 Å². The zero-order chi connectivity index (χ0) is 17.6. The molecule has 0 spiro atoms. The van der Waals surface area contributed by atoms with Crippen LogP contribution in [0.1, 0.15) is 50.5 Å². The molecule has 4 heteroatoms.